The molecule has 0 spiro atoms. The van der Waals surface area contributed by atoms with Gasteiger partial charge >= 0.3 is 5.97 Å². The Kier molecular flexibility index (Phi) is 7.70. The molecule has 0 aliphatic heterocycles. The van der Waals surface area contributed by atoms with Gasteiger partial charge in [-0.15, -0.1) is 0 Å². The van der Waals surface area contributed by atoms with Crippen LogP contribution in [0.5, 0.6) is 11.5 Å². The number of amides is 1. The van der Waals surface area contributed by atoms with Crippen LogP contribution in [0.4, 0.5) is 5.69 Å². The van der Waals surface area contributed by atoms with E-state index in [0.29, 0.717) is 28.6 Å². The monoisotopic (exact) mass is 405 g/mol. The predicted octanol–water partition coefficient (Wildman–Crippen LogP) is 4.17. The van der Waals surface area contributed by atoms with Crippen molar-refractivity contribution in [1.82, 2.24) is 0 Å². The SMILES string of the molecule is COc1ccc(CCC(=O)O[C@@H](C)C(=O)Nc2cccc(Cl)c2C)cc1OC. The van der Waals surface area contributed by atoms with Gasteiger partial charge in [-0.1, -0.05) is 23.7 Å². The van der Waals surface area contributed by atoms with Gasteiger partial charge in [0.2, 0.25) is 0 Å². The molecule has 28 heavy (non-hydrogen) atoms. The quantitative estimate of drug-likeness (QED) is 0.667. The van der Waals surface area contributed by atoms with E-state index in [0.717, 1.165) is 11.1 Å². The molecule has 1 atom stereocenters. The maximum atomic E-state index is 12.3. The van der Waals surface area contributed by atoms with Crippen molar-refractivity contribution >= 4 is 29.2 Å². The summed E-state index contributed by atoms with van der Waals surface area (Å²) in [4.78, 5) is 24.4. The molecule has 1 N–H and O–H groups in total. The number of anilines is 1. The van der Waals surface area contributed by atoms with Crippen LogP contribution in [0, 0.1) is 6.92 Å². The molecule has 0 unspecified atom stereocenters. The molecule has 7 heteroatoms. The first-order valence-corrected chi connectivity index (χ1v) is 9.19. The van der Waals surface area contributed by atoms with E-state index >= 15 is 0 Å². The highest BCUT2D eigenvalue weighted by Gasteiger charge is 2.19. The van der Waals surface area contributed by atoms with Crippen LogP contribution in [0.3, 0.4) is 0 Å². The van der Waals surface area contributed by atoms with Gasteiger partial charge in [-0.2, -0.15) is 0 Å². The zero-order valence-corrected chi connectivity index (χ0v) is 17.1. The standard InChI is InChI=1S/C21H24ClNO5/c1-13-16(22)6-5-7-17(13)23-21(25)14(2)28-20(24)11-9-15-8-10-18(26-3)19(12-15)27-4/h5-8,10,12,14H,9,11H2,1-4H3,(H,23,25)/t14-/m0/s1. The van der Waals surface area contributed by atoms with E-state index < -0.39 is 18.0 Å². The van der Waals surface area contributed by atoms with Crippen LogP contribution in [0.25, 0.3) is 0 Å². The summed E-state index contributed by atoms with van der Waals surface area (Å²) in [6.07, 6.45) is -0.319. The number of hydrogen-bond donors (Lipinski definition) is 1. The molecule has 0 saturated heterocycles. The van der Waals surface area contributed by atoms with Crippen LogP contribution >= 0.6 is 11.6 Å². The average molecular weight is 406 g/mol. The predicted molar refractivity (Wildman–Crippen MR) is 108 cm³/mol. The number of ether oxygens (including phenoxy) is 3. The van der Waals surface area contributed by atoms with Crippen molar-refractivity contribution in [2.75, 3.05) is 19.5 Å². The van der Waals surface area contributed by atoms with Crippen molar-refractivity contribution in [3.05, 3.63) is 52.5 Å². The van der Waals surface area contributed by atoms with E-state index in [4.69, 9.17) is 25.8 Å². The second kappa shape index (κ2) is 9.99. The van der Waals surface area contributed by atoms with Gasteiger partial charge < -0.3 is 19.5 Å². The molecule has 6 nitrogen and oxygen atoms in total. The molecule has 0 heterocycles. The molecule has 0 saturated carbocycles. The van der Waals surface area contributed by atoms with Crippen molar-refractivity contribution in [3.8, 4) is 11.5 Å². The molecule has 0 radical (unpaired) electrons. The average Bonchev–Trinajstić information content (AvgIpc) is 2.69. The molecule has 0 aliphatic carbocycles. The van der Waals surface area contributed by atoms with Gasteiger partial charge in [-0.05, 0) is 55.7 Å². The molecule has 0 aromatic heterocycles. The van der Waals surface area contributed by atoms with E-state index in [9.17, 15) is 9.59 Å². The lowest BCUT2D eigenvalue weighted by Gasteiger charge is -2.15. The smallest absolute Gasteiger partial charge is 0.306 e. The molecule has 1 amide bonds. The fourth-order valence-electron chi connectivity index (χ4n) is 2.57. The van der Waals surface area contributed by atoms with E-state index in [1.54, 1.807) is 45.4 Å². The number of rotatable bonds is 8. The summed E-state index contributed by atoms with van der Waals surface area (Å²) in [5.41, 5.74) is 2.25. The fraction of sp³-hybridized carbons (Fsp3) is 0.333. The van der Waals surface area contributed by atoms with Gasteiger partial charge in [-0.3, -0.25) is 9.59 Å². The topological polar surface area (TPSA) is 73.9 Å². The number of esters is 1. The summed E-state index contributed by atoms with van der Waals surface area (Å²) in [5.74, 6) is 0.346. The number of hydrogen-bond acceptors (Lipinski definition) is 5. The van der Waals surface area contributed by atoms with Gasteiger partial charge in [0.25, 0.3) is 5.91 Å². The third kappa shape index (κ3) is 5.63. The zero-order valence-electron chi connectivity index (χ0n) is 16.4. The molecule has 0 aliphatic rings. The normalized spacial score (nSPS) is 11.5. The Morgan fingerprint density at radius 3 is 2.50 bits per heavy atom. The molecule has 2 aromatic carbocycles. The minimum absolute atomic E-state index is 0.142. The third-order valence-electron chi connectivity index (χ3n) is 4.27. The first-order chi connectivity index (χ1) is 13.3. The highest BCUT2D eigenvalue weighted by Crippen LogP contribution is 2.28. The summed E-state index contributed by atoms with van der Waals surface area (Å²) in [5, 5.41) is 3.28. The summed E-state index contributed by atoms with van der Waals surface area (Å²) in [6.45, 7) is 3.33. The van der Waals surface area contributed by atoms with Gasteiger partial charge in [-0.25, -0.2) is 0 Å². The Balaban J connectivity index is 1.88. The van der Waals surface area contributed by atoms with Crippen molar-refractivity contribution in [2.24, 2.45) is 0 Å². The van der Waals surface area contributed by atoms with Gasteiger partial charge in [0, 0.05) is 17.1 Å². The maximum Gasteiger partial charge on any atom is 0.306 e. The van der Waals surface area contributed by atoms with Crippen molar-refractivity contribution < 1.29 is 23.8 Å². The molecule has 2 aromatic rings. The van der Waals surface area contributed by atoms with Crippen molar-refractivity contribution in [3.63, 3.8) is 0 Å². The lowest BCUT2D eigenvalue weighted by Crippen LogP contribution is -2.30. The van der Waals surface area contributed by atoms with Crippen molar-refractivity contribution in [2.45, 2.75) is 32.8 Å². The molecule has 2 rings (SSSR count). The second-order valence-electron chi connectivity index (χ2n) is 6.22. The van der Waals surface area contributed by atoms with Crippen LogP contribution in [0.15, 0.2) is 36.4 Å². The Morgan fingerprint density at radius 2 is 1.82 bits per heavy atom. The second-order valence-corrected chi connectivity index (χ2v) is 6.63. The van der Waals surface area contributed by atoms with Crippen LogP contribution < -0.4 is 14.8 Å². The molecular formula is C21H24ClNO5. The minimum atomic E-state index is -0.920. The van der Waals surface area contributed by atoms with Gasteiger partial charge in [0.05, 0.1) is 14.2 Å². The summed E-state index contributed by atoms with van der Waals surface area (Å²) < 4.78 is 15.7. The lowest BCUT2D eigenvalue weighted by atomic mass is 10.1. The van der Waals surface area contributed by atoms with Gasteiger partial charge in [0.1, 0.15) is 0 Å². The number of carbonyl (C=O) groups is 2. The van der Waals surface area contributed by atoms with E-state index in [1.807, 2.05) is 12.1 Å². The highest BCUT2D eigenvalue weighted by atomic mass is 35.5. The number of methoxy groups -OCH3 is 2. The minimum Gasteiger partial charge on any atom is -0.493 e. The Hall–Kier alpha value is -2.73. The largest absolute Gasteiger partial charge is 0.493 e. The number of halogens is 1. The van der Waals surface area contributed by atoms with Crippen LogP contribution in [-0.4, -0.2) is 32.2 Å². The zero-order chi connectivity index (χ0) is 20.7. The van der Waals surface area contributed by atoms with Crippen molar-refractivity contribution in [1.29, 1.82) is 0 Å². The number of aryl methyl sites for hydroxylation is 1. The molecular weight excluding hydrogens is 382 g/mol. The summed E-state index contributed by atoms with van der Waals surface area (Å²) >= 11 is 6.05. The Labute approximate surface area is 169 Å². The number of nitrogens with one attached hydrogen (secondary N) is 1. The third-order valence-corrected chi connectivity index (χ3v) is 4.68. The Morgan fingerprint density at radius 1 is 1.11 bits per heavy atom. The van der Waals surface area contributed by atoms with Crippen LogP contribution in [0.1, 0.15) is 24.5 Å². The number of carbonyl (C=O) groups excluding carboxylic acids is 2. The summed E-state index contributed by atoms with van der Waals surface area (Å²) in [7, 11) is 3.12. The summed E-state index contributed by atoms with van der Waals surface area (Å²) in [6, 6.07) is 10.7. The van der Waals surface area contributed by atoms with E-state index in [2.05, 4.69) is 5.32 Å². The molecule has 0 bridgehead atoms. The Bertz CT molecular complexity index is 853. The van der Waals surface area contributed by atoms with Crippen LogP contribution in [0.2, 0.25) is 5.02 Å². The lowest BCUT2D eigenvalue weighted by molar-refractivity contribution is -0.153. The molecule has 0 fully saturated rings. The first-order valence-electron chi connectivity index (χ1n) is 8.82. The number of benzene rings is 2. The van der Waals surface area contributed by atoms with Gasteiger partial charge in [0.15, 0.2) is 17.6 Å². The van der Waals surface area contributed by atoms with Crippen LogP contribution in [-0.2, 0) is 20.7 Å². The molecule has 150 valence electrons. The maximum absolute atomic E-state index is 12.3. The fourth-order valence-corrected chi connectivity index (χ4v) is 2.74. The van der Waals surface area contributed by atoms with E-state index in [-0.39, 0.29) is 6.42 Å². The van der Waals surface area contributed by atoms with E-state index in [1.165, 1.54) is 6.92 Å². The first kappa shape index (κ1) is 21.6. The highest BCUT2D eigenvalue weighted by molar-refractivity contribution is 6.31.